The van der Waals surface area contributed by atoms with Crippen LogP contribution < -0.4 is 5.32 Å². The Morgan fingerprint density at radius 3 is 2.44 bits per heavy atom. The Labute approximate surface area is 188 Å². The SMILES string of the molecule is COC(=O)c1ccc([C@]2(C(=O)OCc3ccccc3)C=C(c3ccc(F)s3)C=CN2)cc1. The lowest BCUT2D eigenvalue weighted by molar-refractivity contribution is -0.151. The highest BCUT2D eigenvalue weighted by molar-refractivity contribution is 7.11. The van der Waals surface area contributed by atoms with Crippen LogP contribution in [-0.4, -0.2) is 19.0 Å². The van der Waals surface area contributed by atoms with Crippen molar-refractivity contribution in [1.29, 1.82) is 0 Å². The van der Waals surface area contributed by atoms with Gasteiger partial charge in [0, 0.05) is 4.88 Å². The number of dihydropyridines is 1. The molecule has 0 radical (unpaired) electrons. The predicted octanol–water partition coefficient (Wildman–Crippen LogP) is 4.81. The summed E-state index contributed by atoms with van der Waals surface area (Å²) in [6.45, 7) is 0.101. The number of ether oxygens (including phenoxy) is 2. The van der Waals surface area contributed by atoms with E-state index in [0.717, 1.165) is 16.9 Å². The molecule has 0 saturated heterocycles. The zero-order valence-corrected chi connectivity index (χ0v) is 18.0. The molecule has 0 unspecified atom stereocenters. The lowest BCUT2D eigenvalue weighted by Gasteiger charge is -2.32. The maximum Gasteiger partial charge on any atom is 0.340 e. The number of carbonyl (C=O) groups is 2. The Morgan fingerprint density at radius 2 is 1.78 bits per heavy atom. The van der Waals surface area contributed by atoms with Gasteiger partial charge in [0.25, 0.3) is 0 Å². The van der Waals surface area contributed by atoms with Gasteiger partial charge in [0.1, 0.15) is 6.61 Å². The lowest BCUT2D eigenvalue weighted by Crippen LogP contribution is -2.47. The minimum absolute atomic E-state index is 0.101. The van der Waals surface area contributed by atoms with Gasteiger partial charge in [0.05, 0.1) is 12.7 Å². The Balaban J connectivity index is 1.72. The average molecular weight is 450 g/mol. The standard InChI is InChI=1S/C25H20FNO4S/c1-30-23(28)18-7-9-20(10-8-18)25(24(29)31-16-17-5-3-2-4-6-17)15-19(13-14-27-25)21-11-12-22(26)32-21/h2-15,27H,16H2,1H3/t25-/m0/s1. The largest absolute Gasteiger partial charge is 0.465 e. The number of hydrogen-bond donors (Lipinski definition) is 1. The van der Waals surface area contributed by atoms with Crippen molar-refractivity contribution < 1.29 is 23.5 Å². The van der Waals surface area contributed by atoms with E-state index in [0.29, 0.717) is 21.6 Å². The van der Waals surface area contributed by atoms with Gasteiger partial charge in [-0.2, -0.15) is 4.39 Å². The number of nitrogens with one attached hydrogen (secondary N) is 1. The third kappa shape index (κ3) is 4.33. The maximum absolute atomic E-state index is 13.6. The number of hydrogen-bond acceptors (Lipinski definition) is 6. The van der Waals surface area contributed by atoms with Crippen LogP contribution in [0.2, 0.25) is 0 Å². The monoisotopic (exact) mass is 449 g/mol. The van der Waals surface area contributed by atoms with E-state index in [-0.39, 0.29) is 11.7 Å². The Kier molecular flexibility index (Phi) is 6.18. The Bertz CT molecular complexity index is 1180. The van der Waals surface area contributed by atoms with Crippen LogP contribution in [0.3, 0.4) is 0 Å². The molecule has 2 heterocycles. The molecule has 0 aliphatic carbocycles. The van der Waals surface area contributed by atoms with E-state index in [2.05, 4.69) is 5.32 Å². The smallest absolute Gasteiger partial charge is 0.340 e. The van der Waals surface area contributed by atoms with Crippen molar-refractivity contribution in [3.63, 3.8) is 0 Å². The number of halogens is 1. The summed E-state index contributed by atoms with van der Waals surface area (Å²) in [5.74, 6) is -0.995. The molecule has 32 heavy (non-hydrogen) atoms. The van der Waals surface area contributed by atoms with Crippen LogP contribution in [0.1, 0.15) is 26.4 Å². The number of esters is 2. The fourth-order valence-electron chi connectivity index (χ4n) is 3.44. The van der Waals surface area contributed by atoms with Crippen molar-refractivity contribution >= 4 is 28.8 Å². The second-order valence-corrected chi connectivity index (χ2v) is 8.15. The van der Waals surface area contributed by atoms with Crippen LogP contribution in [0.4, 0.5) is 4.39 Å². The molecule has 4 rings (SSSR count). The molecular formula is C25H20FNO4S. The molecule has 0 saturated carbocycles. The first-order valence-electron chi connectivity index (χ1n) is 9.84. The van der Waals surface area contributed by atoms with E-state index in [1.807, 2.05) is 30.3 Å². The first-order valence-corrected chi connectivity index (χ1v) is 10.7. The van der Waals surface area contributed by atoms with Crippen LogP contribution in [0, 0.1) is 5.13 Å². The first kappa shape index (κ1) is 21.5. The summed E-state index contributed by atoms with van der Waals surface area (Å²) in [5, 5.41) is 2.80. The van der Waals surface area contributed by atoms with Crippen molar-refractivity contribution in [2.75, 3.05) is 7.11 Å². The van der Waals surface area contributed by atoms with E-state index in [1.165, 1.54) is 13.2 Å². The number of benzene rings is 2. The molecule has 1 aromatic heterocycles. The molecule has 5 nitrogen and oxygen atoms in total. The van der Waals surface area contributed by atoms with E-state index < -0.39 is 17.5 Å². The molecule has 0 bridgehead atoms. The van der Waals surface area contributed by atoms with Crippen LogP contribution in [0.25, 0.3) is 5.57 Å². The topological polar surface area (TPSA) is 64.6 Å². The number of allylic oxidation sites excluding steroid dienone is 2. The van der Waals surface area contributed by atoms with E-state index >= 15 is 0 Å². The maximum atomic E-state index is 13.6. The average Bonchev–Trinajstić information content (AvgIpc) is 3.29. The summed E-state index contributed by atoms with van der Waals surface area (Å²) >= 11 is 0.994. The molecule has 7 heteroatoms. The van der Waals surface area contributed by atoms with Gasteiger partial charge in [-0.15, -0.1) is 11.3 Å². The third-order valence-corrected chi connectivity index (χ3v) is 6.02. The van der Waals surface area contributed by atoms with Crippen LogP contribution in [-0.2, 0) is 26.4 Å². The van der Waals surface area contributed by atoms with Gasteiger partial charge in [0.15, 0.2) is 10.7 Å². The Hall–Kier alpha value is -3.71. The summed E-state index contributed by atoms with van der Waals surface area (Å²) in [7, 11) is 1.31. The number of rotatable bonds is 6. The Morgan fingerprint density at radius 1 is 1.03 bits per heavy atom. The van der Waals surface area contributed by atoms with Gasteiger partial charge >= 0.3 is 11.9 Å². The second-order valence-electron chi connectivity index (χ2n) is 7.12. The predicted molar refractivity (Wildman–Crippen MR) is 120 cm³/mol. The molecule has 0 fully saturated rings. The quantitative estimate of drug-likeness (QED) is 0.547. The molecule has 2 aromatic carbocycles. The zero-order valence-electron chi connectivity index (χ0n) is 17.2. The summed E-state index contributed by atoms with van der Waals surface area (Å²) in [4.78, 5) is 25.9. The van der Waals surface area contributed by atoms with Crippen molar-refractivity contribution in [1.82, 2.24) is 5.32 Å². The molecule has 3 aromatic rings. The van der Waals surface area contributed by atoms with E-state index in [4.69, 9.17) is 9.47 Å². The number of carbonyl (C=O) groups excluding carboxylic acids is 2. The second kappa shape index (κ2) is 9.20. The van der Waals surface area contributed by atoms with Crippen molar-refractivity contribution in [3.8, 4) is 0 Å². The fourth-order valence-corrected chi connectivity index (χ4v) is 4.16. The van der Waals surface area contributed by atoms with E-state index in [1.54, 1.807) is 48.7 Å². The van der Waals surface area contributed by atoms with Crippen molar-refractivity contribution in [2.24, 2.45) is 0 Å². The minimum Gasteiger partial charge on any atom is -0.465 e. The zero-order chi connectivity index (χ0) is 22.6. The lowest BCUT2D eigenvalue weighted by atomic mass is 9.85. The molecule has 1 aliphatic heterocycles. The molecule has 162 valence electrons. The highest BCUT2D eigenvalue weighted by atomic mass is 32.1. The summed E-state index contributed by atoms with van der Waals surface area (Å²) < 4.78 is 24.1. The van der Waals surface area contributed by atoms with Gasteiger partial charge in [-0.3, -0.25) is 0 Å². The van der Waals surface area contributed by atoms with Crippen LogP contribution in [0.5, 0.6) is 0 Å². The molecule has 0 spiro atoms. The molecular weight excluding hydrogens is 429 g/mol. The van der Waals surface area contributed by atoms with Gasteiger partial charge in [-0.1, -0.05) is 42.5 Å². The van der Waals surface area contributed by atoms with Gasteiger partial charge in [0.2, 0.25) is 0 Å². The summed E-state index contributed by atoms with van der Waals surface area (Å²) in [6, 6.07) is 18.9. The van der Waals surface area contributed by atoms with Gasteiger partial charge in [-0.25, -0.2) is 9.59 Å². The van der Waals surface area contributed by atoms with Crippen LogP contribution >= 0.6 is 11.3 Å². The molecule has 1 atom stereocenters. The molecule has 0 amide bonds. The normalized spacial score (nSPS) is 17.2. The van der Waals surface area contributed by atoms with Crippen molar-refractivity contribution in [3.05, 3.63) is 112 Å². The minimum atomic E-state index is -1.35. The fraction of sp³-hybridized carbons (Fsp3) is 0.120. The third-order valence-electron chi connectivity index (χ3n) is 5.10. The van der Waals surface area contributed by atoms with Crippen LogP contribution in [0.15, 0.2) is 85.1 Å². The molecule has 1 aliphatic rings. The van der Waals surface area contributed by atoms with Gasteiger partial charge < -0.3 is 14.8 Å². The van der Waals surface area contributed by atoms with E-state index in [9.17, 15) is 14.0 Å². The first-order chi connectivity index (χ1) is 15.5. The number of thiophene rings is 1. The van der Waals surface area contributed by atoms with Gasteiger partial charge in [-0.05, 0) is 59.3 Å². The summed E-state index contributed by atoms with van der Waals surface area (Å²) in [6.07, 6.45) is 5.14. The molecule has 1 N–H and O–H groups in total. The summed E-state index contributed by atoms with van der Waals surface area (Å²) in [5.41, 5.74) is 1.12. The van der Waals surface area contributed by atoms with Crippen molar-refractivity contribution in [2.45, 2.75) is 12.1 Å². The number of methoxy groups -OCH3 is 1. The highest BCUT2D eigenvalue weighted by Crippen LogP contribution is 2.35. The highest BCUT2D eigenvalue weighted by Gasteiger charge is 2.41.